The molecule has 1 nitrogen and oxygen atoms in total. The number of fused-ring (bicyclic) bond motifs is 6. The zero-order valence-corrected chi connectivity index (χ0v) is 26.0. The van der Waals surface area contributed by atoms with Crippen LogP contribution in [0.4, 0.5) is 17.1 Å². The van der Waals surface area contributed by atoms with Crippen LogP contribution in [0.2, 0.25) is 0 Å². The Hall–Kier alpha value is -5.22. The molecule has 0 unspecified atom stereocenters. The van der Waals surface area contributed by atoms with Gasteiger partial charge in [-0.3, -0.25) is 0 Å². The molecule has 0 aliphatic rings. The molecular formula is C42H27NS2. The predicted octanol–water partition coefficient (Wildman–Crippen LogP) is 13.2. The van der Waals surface area contributed by atoms with Crippen LogP contribution in [0, 0.1) is 0 Å². The van der Waals surface area contributed by atoms with Gasteiger partial charge in [0.15, 0.2) is 0 Å². The van der Waals surface area contributed by atoms with Crippen molar-refractivity contribution in [3.8, 4) is 22.3 Å². The fourth-order valence-corrected chi connectivity index (χ4v) is 8.91. The summed E-state index contributed by atoms with van der Waals surface area (Å²) in [6.45, 7) is 0. The van der Waals surface area contributed by atoms with Crippen molar-refractivity contribution in [2.24, 2.45) is 0 Å². The Labute approximate surface area is 269 Å². The second-order valence-corrected chi connectivity index (χ2v) is 13.5. The first kappa shape index (κ1) is 26.2. The van der Waals surface area contributed by atoms with Gasteiger partial charge in [-0.2, -0.15) is 0 Å². The van der Waals surface area contributed by atoms with Crippen molar-refractivity contribution in [2.45, 2.75) is 0 Å². The highest BCUT2D eigenvalue weighted by Crippen LogP contribution is 2.44. The minimum absolute atomic E-state index is 1.13. The molecule has 0 aliphatic heterocycles. The molecule has 0 atom stereocenters. The highest BCUT2D eigenvalue weighted by Gasteiger charge is 2.17. The molecule has 0 N–H and O–H groups in total. The summed E-state index contributed by atoms with van der Waals surface area (Å²) in [7, 11) is 0. The van der Waals surface area contributed by atoms with Gasteiger partial charge < -0.3 is 4.90 Å². The van der Waals surface area contributed by atoms with E-state index >= 15 is 0 Å². The van der Waals surface area contributed by atoms with Crippen LogP contribution in [0.15, 0.2) is 164 Å². The number of anilines is 3. The SMILES string of the molecule is c1ccc(N(c2ccc(-c3ccccc3-c3cccc4c3sc3ccccc34)cc2)c2ccc3sc4ccccc4c3c2)cc1. The van der Waals surface area contributed by atoms with E-state index in [2.05, 4.69) is 169 Å². The maximum Gasteiger partial charge on any atom is 0.0468 e. The lowest BCUT2D eigenvalue weighted by atomic mass is 9.93. The first-order valence-corrected chi connectivity index (χ1v) is 16.8. The van der Waals surface area contributed by atoms with Crippen LogP contribution in [0.3, 0.4) is 0 Å². The average Bonchev–Trinajstić information content (AvgIpc) is 3.68. The number of thiophene rings is 2. The number of hydrogen-bond acceptors (Lipinski definition) is 3. The van der Waals surface area contributed by atoms with Crippen molar-refractivity contribution in [1.29, 1.82) is 0 Å². The van der Waals surface area contributed by atoms with Gasteiger partial charge in [-0.25, -0.2) is 0 Å². The van der Waals surface area contributed by atoms with Crippen molar-refractivity contribution in [3.05, 3.63) is 164 Å². The minimum Gasteiger partial charge on any atom is -0.310 e. The minimum atomic E-state index is 1.13. The highest BCUT2D eigenvalue weighted by atomic mass is 32.1. The second kappa shape index (κ2) is 10.7. The largest absolute Gasteiger partial charge is 0.310 e. The fraction of sp³-hybridized carbons (Fsp3) is 0. The van der Waals surface area contributed by atoms with Gasteiger partial charge in [-0.05, 0) is 71.3 Å². The number of para-hydroxylation sites is 1. The quantitative estimate of drug-likeness (QED) is 0.188. The van der Waals surface area contributed by atoms with Gasteiger partial charge in [0, 0.05) is 63.0 Å². The van der Waals surface area contributed by atoms with Crippen LogP contribution in [0.1, 0.15) is 0 Å². The number of hydrogen-bond donors (Lipinski definition) is 0. The molecule has 2 heterocycles. The first-order valence-electron chi connectivity index (χ1n) is 15.2. The molecule has 7 aromatic carbocycles. The van der Waals surface area contributed by atoms with Crippen LogP contribution >= 0.6 is 22.7 Å². The molecule has 0 fully saturated rings. The maximum absolute atomic E-state index is 2.36. The summed E-state index contributed by atoms with van der Waals surface area (Å²) in [4.78, 5) is 2.36. The third-order valence-corrected chi connectivity index (χ3v) is 11.1. The molecule has 0 radical (unpaired) electrons. The second-order valence-electron chi connectivity index (χ2n) is 11.3. The summed E-state index contributed by atoms with van der Waals surface area (Å²) in [5, 5.41) is 5.27. The van der Waals surface area contributed by atoms with Gasteiger partial charge in [0.1, 0.15) is 0 Å². The Morgan fingerprint density at radius 1 is 0.333 bits per heavy atom. The van der Waals surface area contributed by atoms with Crippen molar-refractivity contribution in [2.75, 3.05) is 4.90 Å². The lowest BCUT2D eigenvalue weighted by Gasteiger charge is -2.26. The third kappa shape index (κ3) is 4.43. The van der Waals surface area contributed by atoms with Gasteiger partial charge in [-0.1, -0.05) is 109 Å². The summed E-state index contributed by atoms with van der Waals surface area (Å²) in [5.74, 6) is 0. The standard InChI is InChI=1S/C42H27NS2/c1-2-11-29(12-3-1)43(31-25-26-41-38(27-31)35-16-7-8-19-39(35)44-41)30-23-21-28(22-24-30)32-13-4-5-14-33(32)36-17-10-18-37-34-15-6-9-20-40(34)45-42(36)37/h1-27H. The molecule has 0 bridgehead atoms. The van der Waals surface area contributed by atoms with E-state index in [1.165, 1.54) is 62.6 Å². The summed E-state index contributed by atoms with van der Waals surface area (Å²) in [6, 6.07) is 59.6. The summed E-state index contributed by atoms with van der Waals surface area (Å²) in [6.07, 6.45) is 0. The molecule has 0 spiro atoms. The molecule has 0 aliphatic carbocycles. The van der Waals surface area contributed by atoms with Crippen LogP contribution in [0.5, 0.6) is 0 Å². The lowest BCUT2D eigenvalue weighted by Crippen LogP contribution is -2.09. The lowest BCUT2D eigenvalue weighted by molar-refractivity contribution is 1.29. The summed E-state index contributed by atoms with van der Waals surface area (Å²) >= 11 is 3.74. The van der Waals surface area contributed by atoms with Crippen LogP contribution in [-0.4, -0.2) is 0 Å². The van der Waals surface area contributed by atoms with E-state index in [1.807, 2.05) is 22.7 Å². The van der Waals surface area contributed by atoms with Crippen molar-refractivity contribution in [3.63, 3.8) is 0 Å². The Bertz CT molecular complexity index is 2490. The molecule has 0 saturated heterocycles. The Balaban J connectivity index is 1.16. The van der Waals surface area contributed by atoms with Crippen LogP contribution < -0.4 is 4.90 Å². The van der Waals surface area contributed by atoms with Gasteiger partial charge >= 0.3 is 0 Å². The Morgan fingerprint density at radius 2 is 0.889 bits per heavy atom. The van der Waals surface area contributed by atoms with E-state index in [1.54, 1.807) is 0 Å². The van der Waals surface area contributed by atoms with Crippen molar-refractivity contribution < 1.29 is 0 Å². The molecule has 9 rings (SSSR count). The molecule has 212 valence electrons. The summed E-state index contributed by atoms with van der Waals surface area (Å²) < 4.78 is 5.31. The van der Waals surface area contributed by atoms with Gasteiger partial charge in [0.2, 0.25) is 0 Å². The average molecular weight is 610 g/mol. The van der Waals surface area contributed by atoms with E-state index < -0.39 is 0 Å². The topological polar surface area (TPSA) is 3.24 Å². The van der Waals surface area contributed by atoms with E-state index in [-0.39, 0.29) is 0 Å². The van der Waals surface area contributed by atoms with E-state index in [9.17, 15) is 0 Å². The molecular weight excluding hydrogens is 583 g/mol. The summed E-state index contributed by atoms with van der Waals surface area (Å²) in [5.41, 5.74) is 8.43. The third-order valence-electron chi connectivity index (χ3n) is 8.69. The highest BCUT2D eigenvalue weighted by molar-refractivity contribution is 7.26. The molecule has 0 saturated carbocycles. The molecule has 0 amide bonds. The molecule has 9 aromatic rings. The number of nitrogens with zero attached hydrogens (tertiary/aromatic N) is 1. The monoisotopic (exact) mass is 609 g/mol. The van der Waals surface area contributed by atoms with E-state index in [4.69, 9.17) is 0 Å². The van der Waals surface area contributed by atoms with Crippen LogP contribution in [0.25, 0.3) is 62.6 Å². The van der Waals surface area contributed by atoms with Crippen LogP contribution in [-0.2, 0) is 0 Å². The zero-order chi connectivity index (χ0) is 29.7. The molecule has 45 heavy (non-hydrogen) atoms. The van der Waals surface area contributed by atoms with Gasteiger partial charge in [-0.15, -0.1) is 22.7 Å². The number of benzene rings is 7. The Morgan fingerprint density at radius 3 is 1.69 bits per heavy atom. The van der Waals surface area contributed by atoms with Gasteiger partial charge in [0.25, 0.3) is 0 Å². The fourth-order valence-electron chi connectivity index (χ4n) is 6.60. The van der Waals surface area contributed by atoms with Crippen molar-refractivity contribution >= 4 is 80.1 Å². The first-order chi connectivity index (χ1) is 22.3. The zero-order valence-electron chi connectivity index (χ0n) is 24.4. The smallest absolute Gasteiger partial charge is 0.0468 e. The normalized spacial score (nSPS) is 11.6. The van der Waals surface area contributed by atoms with E-state index in [0.29, 0.717) is 0 Å². The molecule has 2 aromatic heterocycles. The van der Waals surface area contributed by atoms with Crippen molar-refractivity contribution in [1.82, 2.24) is 0 Å². The van der Waals surface area contributed by atoms with Gasteiger partial charge in [0.05, 0.1) is 0 Å². The number of rotatable bonds is 5. The van der Waals surface area contributed by atoms with E-state index in [0.717, 1.165) is 17.1 Å². The maximum atomic E-state index is 2.36. The predicted molar refractivity (Wildman–Crippen MR) is 198 cm³/mol. The Kier molecular flexibility index (Phi) is 6.26. The molecule has 3 heteroatoms.